The minimum absolute atomic E-state index is 0.164. The van der Waals surface area contributed by atoms with E-state index in [-0.39, 0.29) is 17.2 Å². The number of aromatic nitrogens is 4. The molecule has 4 aromatic rings. The maximum Gasteiger partial charge on any atom is 0.276 e. The SMILES string of the molecule is CCCCCn1nc(C(=O)Nc2ccc3nc(C)[nH]c3c2)c2ccccc2c1=O. The number of nitrogens with zero attached hydrogens (tertiary/aromatic N) is 3. The number of carbonyl (C=O) groups is 1. The lowest BCUT2D eigenvalue weighted by Gasteiger charge is -2.11. The monoisotopic (exact) mass is 389 g/mol. The number of benzene rings is 2. The Morgan fingerprint density at radius 2 is 1.93 bits per heavy atom. The maximum atomic E-state index is 13.0. The number of rotatable bonds is 6. The van der Waals surface area contributed by atoms with Gasteiger partial charge >= 0.3 is 0 Å². The van der Waals surface area contributed by atoms with E-state index in [1.807, 2.05) is 19.1 Å². The number of anilines is 1. The van der Waals surface area contributed by atoms with Crippen molar-refractivity contribution < 1.29 is 4.79 Å². The third kappa shape index (κ3) is 3.76. The molecular formula is C22H23N5O2. The van der Waals surface area contributed by atoms with Crippen molar-refractivity contribution in [2.75, 3.05) is 5.32 Å². The summed E-state index contributed by atoms with van der Waals surface area (Å²) in [7, 11) is 0. The fourth-order valence-corrected chi connectivity index (χ4v) is 3.47. The molecule has 0 aliphatic rings. The van der Waals surface area contributed by atoms with E-state index in [1.165, 1.54) is 4.68 Å². The summed E-state index contributed by atoms with van der Waals surface area (Å²) in [6.07, 6.45) is 2.90. The van der Waals surface area contributed by atoms with E-state index in [1.54, 1.807) is 30.3 Å². The van der Waals surface area contributed by atoms with Crippen LogP contribution in [0, 0.1) is 6.92 Å². The zero-order valence-electron chi connectivity index (χ0n) is 16.5. The van der Waals surface area contributed by atoms with Crippen LogP contribution in [0.2, 0.25) is 0 Å². The largest absolute Gasteiger partial charge is 0.342 e. The number of fused-ring (bicyclic) bond motifs is 2. The van der Waals surface area contributed by atoms with Gasteiger partial charge in [0.2, 0.25) is 0 Å². The molecule has 0 unspecified atom stereocenters. The summed E-state index contributed by atoms with van der Waals surface area (Å²) in [6, 6.07) is 12.6. The molecule has 2 aromatic heterocycles. The third-order valence-corrected chi connectivity index (χ3v) is 4.91. The van der Waals surface area contributed by atoms with Gasteiger partial charge in [0.25, 0.3) is 11.5 Å². The molecule has 7 heteroatoms. The second kappa shape index (κ2) is 7.87. The highest BCUT2D eigenvalue weighted by Crippen LogP contribution is 2.19. The van der Waals surface area contributed by atoms with Crippen LogP contribution in [0.15, 0.2) is 47.3 Å². The Bertz CT molecular complexity index is 1260. The first-order valence-corrected chi connectivity index (χ1v) is 9.84. The molecule has 4 rings (SSSR count). The summed E-state index contributed by atoms with van der Waals surface area (Å²) in [5.74, 6) is 0.469. The number of amides is 1. The first-order chi connectivity index (χ1) is 14.1. The normalized spacial score (nSPS) is 11.2. The number of carbonyl (C=O) groups excluding carboxylic acids is 1. The van der Waals surface area contributed by atoms with Crippen molar-refractivity contribution in [1.29, 1.82) is 0 Å². The van der Waals surface area contributed by atoms with Crippen LogP contribution in [0.1, 0.15) is 42.5 Å². The number of hydrogen-bond acceptors (Lipinski definition) is 4. The summed E-state index contributed by atoms with van der Waals surface area (Å²) in [4.78, 5) is 33.3. The van der Waals surface area contributed by atoms with Crippen LogP contribution in [-0.4, -0.2) is 25.7 Å². The highest BCUT2D eigenvalue weighted by Gasteiger charge is 2.17. The van der Waals surface area contributed by atoms with Gasteiger partial charge < -0.3 is 10.3 Å². The summed E-state index contributed by atoms with van der Waals surface area (Å²) < 4.78 is 1.41. The molecule has 0 aliphatic carbocycles. The van der Waals surface area contributed by atoms with Crippen LogP contribution in [0.5, 0.6) is 0 Å². The number of nitrogens with one attached hydrogen (secondary N) is 2. The van der Waals surface area contributed by atoms with Gasteiger partial charge in [-0.1, -0.05) is 38.0 Å². The molecule has 0 bridgehead atoms. The predicted molar refractivity (Wildman–Crippen MR) is 114 cm³/mol. The van der Waals surface area contributed by atoms with Crippen molar-refractivity contribution in [3.05, 3.63) is 64.3 Å². The van der Waals surface area contributed by atoms with Crippen molar-refractivity contribution in [3.8, 4) is 0 Å². The lowest BCUT2D eigenvalue weighted by atomic mass is 10.1. The number of H-pyrrole nitrogens is 1. The molecule has 0 saturated heterocycles. The standard InChI is InChI=1S/C22H23N5O2/c1-3-4-7-12-27-22(29)17-9-6-5-8-16(17)20(26-27)21(28)25-15-10-11-18-19(13-15)24-14(2)23-18/h5-6,8-11,13H,3-4,7,12H2,1-2H3,(H,23,24)(H,25,28). The van der Waals surface area contributed by atoms with Crippen molar-refractivity contribution in [3.63, 3.8) is 0 Å². The Balaban J connectivity index is 1.71. The third-order valence-electron chi connectivity index (χ3n) is 4.91. The minimum atomic E-state index is -0.346. The minimum Gasteiger partial charge on any atom is -0.342 e. The summed E-state index contributed by atoms with van der Waals surface area (Å²) in [5.41, 5.74) is 2.41. The molecule has 148 valence electrons. The average molecular weight is 389 g/mol. The Labute approximate surface area is 167 Å². The molecule has 2 N–H and O–H groups in total. The molecule has 2 heterocycles. The van der Waals surface area contributed by atoms with E-state index in [4.69, 9.17) is 0 Å². The van der Waals surface area contributed by atoms with E-state index >= 15 is 0 Å². The van der Waals surface area contributed by atoms with E-state index in [0.717, 1.165) is 36.1 Å². The molecule has 0 atom stereocenters. The van der Waals surface area contributed by atoms with Crippen LogP contribution < -0.4 is 10.9 Å². The lowest BCUT2D eigenvalue weighted by Crippen LogP contribution is -2.27. The zero-order valence-corrected chi connectivity index (χ0v) is 16.5. The molecule has 0 spiro atoms. The van der Waals surface area contributed by atoms with Crippen LogP contribution in [0.4, 0.5) is 5.69 Å². The zero-order chi connectivity index (χ0) is 20.4. The highest BCUT2D eigenvalue weighted by molar-refractivity contribution is 6.11. The van der Waals surface area contributed by atoms with E-state index in [0.29, 0.717) is 23.0 Å². The van der Waals surface area contributed by atoms with Gasteiger partial charge in [-0.15, -0.1) is 0 Å². The first kappa shape index (κ1) is 18.9. The Morgan fingerprint density at radius 3 is 2.72 bits per heavy atom. The van der Waals surface area contributed by atoms with Crippen LogP contribution in [0.3, 0.4) is 0 Å². The smallest absolute Gasteiger partial charge is 0.276 e. The summed E-state index contributed by atoms with van der Waals surface area (Å²) in [5, 5.41) is 8.37. The fourth-order valence-electron chi connectivity index (χ4n) is 3.47. The van der Waals surface area contributed by atoms with E-state index < -0.39 is 0 Å². The molecule has 2 aromatic carbocycles. The van der Waals surface area contributed by atoms with E-state index in [2.05, 4.69) is 27.3 Å². The van der Waals surface area contributed by atoms with Gasteiger partial charge in [-0.05, 0) is 37.6 Å². The molecular weight excluding hydrogens is 366 g/mol. The second-order valence-electron chi connectivity index (χ2n) is 7.14. The van der Waals surface area contributed by atoms with Crippen LogP contribution in [0.25, 0.3) is 21.8 Å². The quantitative estimate of drug-likeness (QED) is 0.487. The molecule has 0 saturated carbocycles. The van der Waals surface area contributed by atoms with Crippen LogP contribution >= 0.6 is 0 Å². The summed E-state index contributed by atoms with van der Waals surface area (Å²) in [6.45, 7) is 4.49. The van der Waals surface area contributed by atoms with Gasteiger partial charge in [-0.3, -0.25) is 9.59 Å². The van der Waals surface area contributed by atoms with Gasteiger partial charge in [0.15, 0.2) is 5.69 Å². The number of aryl methyl sites for hydroxylation is 2. The first-order valence-electron chi connectivity index (χ1n) is 9.84. The molecule has 29 heavy (non-hydrogen) atoms. The number of unbranched alkanes of at least 4 members (excludes halogenated alkanes) is 2. The topological polar surface area (TPSA) is 92.7 Å². The molecule has 7 nitrogen and oxygen atoms in total. The van der Waals surface area contributed by atoms with Gasteiger partial charge in [0.05, 0.1) is 16.4 Å². The van der Waals surface area contributed by atoms with Crippen molar-refractivity contribution in [1.82, 2.24) is 19.7 Å². The fraction of sp³-hybridized carbons (Fsp3) is 0.273. The number of imidazole rings is 1. The Morgan fingerprint density at radius 1 is 1.14 bits per heavy atom. The van der Waals surface area contributed by atoms with Gasteiger partial charge in [0.1, 0.15) is 5.82 Å². The summed E-state index contributed by atoms with van der Waals surface area (Å²) >= 11 is 0. The van der Waals surface area contributed by atoms with Gasteiger partial charge in [-0.2, -0.15) is 5.10 Å². The number of hydrogen-bond donors (Lipinski definition) is 2. The Kier molecular flexibility index (Phi) is 5.12. The van der Waals surface area contributed by atoms with Crippen molar-refractivity contribution in [2.24, 2.45) is 0 Å². The molecule has 0 fully saturated rings. The van der Waals surface area contributed by atoms with Gasteiger partial charge in [-0.25, -0.2) is 9.67 Å². The predicted octanol–water partition coefficient (Wildman–Crippen LogP) is 4.02. The highest BCUT2D eigenvalue weighted by atomic mass is 16.2. The van der Waals surface area contributed by atoms with E-state index in [9.17, 15) is 9.59 Å². The van der Waals surface area contributed by atoms with Crippen molar-refractivity contribution in [2.45, 2.75) is 39.7 Å². The molecule has 1 amide bonds. The lowest BCUT2D eigenvalue weighted by molar-refractivity contribution is 0.102. The van der Waals surface area contributed by atoms with Crippen LogP contribution in [-0.2, 0) is 6.54 Å². The van der Waals surface area contributed by atoms with Crippen molar-refractivity contribution >= 4 is 33.4 Å². The second-order valence-corrected chi connectivity index (χ2v) is 7.14. The average Bonchev–Trinajstić information content (AvgIpc) is 3.09. The Hall–Kier alpha value is -3.48. The molecule has 0 aliphatic heterocycles. The van der Waals surface area contributed by atoms with Gasteiger partial charge in [0, 0.05) is 17.6 Å². The maximum absolute atomic E-state index is 13.0. The molecule has 0 radical (unpaired) electrons. The number of aromatic amines is 1.